The van der Waals surface area contributed by atoms with Crippen LogP contribution in [0.15, 0.2) is 41.3 Å². The summed E-state index contributed by atoms with van der Waals surface area (Å²) in [6.07, 6.45) is 0. The van der Waals surface area contributed by atoms with Gasteiger partial charge in [-0.3, -0.25) is 10.1 Å². The van der Waals surface area contributed by atoms with Gasteiger partial charge in [-0.05, 0) is 30.3 Å². The summed E-state index contributed by atoms with van der Waals surface area (Å²) in [7, 11) is -0.507. The Bertz CT molecular complexity index is 1200. The van der Waals surface area contributed by atoms with E-state index in [9.17, 15) is 13.2 Å². The molecular formula is C20H21N3O6S2. The zero-order valence-electron chi connectivity index (χ0n) is 17.0. The summed E-state index contributed by atoms with van der Waals surface area (Å²) < 4.78 is 43.4. The van der Waals surface area contributed by atoms with Crippen LogP contribution in [0.25, 0.3) is 10.2 Å². The number of benzene rings is 2. The number of hydrogen-bond donors (Lipinski definition) is 1. The van der Waals surface area contributed by atoms with Crippen LogP contribution < -0.4 is 14.8 Å². The van der Waals surface area contributed by atoms with Gasteiger partial charge in [0.1, 0.15) is 17.0 Å². The summed E-state index contributed by atoms with van der Waals surface area (Å²) in [6, 6.07) is 9.38. The van der Waals surface area contributed by atoms with E-state index in [1.807, 2.05) is 6.07 Å². The SMILES string of the molecule is COc1cc(OC)c2nc(NC(=O)c3ccc(S(=O)(=O)N4CCOCC4)cc3)sc2c1. The number of anilines is 1. The van der Waals surface area contributed by atoms with Gasteiger partial charge in [0.2, 0.25) is 10.0 Å². The number of nitrogens with one attached hydrogen (secondary N) is 1. The fourth-order valence-electron chi connectivity index (χ4n) is 3.19. The second-order valence-corrected chi connectivity index (χ2v) is 9.66. The van der Waals surface area contributed by atoms with E-state index in [0.717, 1.165) is 4.70 Å². The number of methoxy groups -OCH3 is 2. The minimum absolute atomic E-state index is 0.141. The van der Waals surface area contributed by atoms with Crippen molar-refractivity contribution >= 4 is 42.6 Å². The maximum absolute atomic E-state index is 12.7. The lowest BCUT2D eigenvalue weighted by atomic mass is 10.2. The van der Waals surface area contributed by atoms with Crippen LogP contribution in [0.3, 0.4) is 0 Å². The van der Waals surface area contributed by atoms with Gasteiger partial charge in [0.15, 0.2) is 5.13 Å². The van der Waals surface area contributed by atoms with Gasteiger partial charge in [0.05, 0.1) is 37.0 Å². The lowest BCUT2D eigenvalue weighted by molar-refractivity contribution is 0.0730. The first kappa shape index (κ1) is 21.5. The topological polar surface area (TPSA) is 107 Å². The molecule has 0 saturated carbocycles. The van der Waals surface area contributed by atoms with Crippen molar-refractivity contribution in [1.29, 1.82) is 0 Å². The van der Waals surface area contributed by atoms with Gasteiger partial charge in [-0.25, -0.2) is 13.4 Å². The number of rotatable bonds is 6. The van der Waals surface area contributed by atoms with Crippen molar-refractivity contribution in [3.63, 3.8) is 0 Å². The molecule has 0 aliphatic carbocycles. The van der Waals surface area contributed by atoms with Crippen molar-refractivity contribution in [1.82, 2.24) is 9.29 Å². The van der Waals surface area contributed by atoms with E-state index in [2.05, 4.69) is 10.3 Å². The van der Waals surface area contributed by atoms with Crippen molar-refractivity contribution in [3.05, 3.63) is 42.0 Å². The number of nitrogens with zero attached hydrogens (tertiary/aromatic N) is 2. The number of aromatic nitrogens is 1. The average molecular weight is 464 g/mol. The first-order valence-electron chi connectivity index (χ1n) is 9.44. The van der Waals surface area contributed by atoms with Crippen LogP contribution in [0.4, 0.5) is 5.13 Å². The normalized spacial score (nSPS) is 15.0. The van der Waals surface area contributed by atoms with Crippen LogP contribution >= 0.6 is 11.3 Å². The Hall–Kier alpha value is -2.73. The molecule has 31 heavy (non-hydrogen) atoms. The van der Waals surface area contributed by atoms with Crippen LogP contribution in [-0.4, -0.2) is 64.1 Å². The Morgan fingerprint density at radius 1 is 1.13 bits per heavy atom. The number of fused-ring (bicyclic) bond motifs is 1. The summed E-state index contributed by atoms with van der Waals surface area (Å²) >= 11 is 1.29. The first-order valence-corrected chi connectivity index (χ1v) is 11.7. The van der Waals surface area contributed by atoms with E-state index in [1.165, 1.54) is 39.9 Å². The minimum atomic E-state index is -3.61. The molecule has 0 spiro atoms. The molecule has 1 fully saturated rings. The smallest absolute Gasteiger partial charge is 0.257 e. The molecule has 1 aliphatic rings. The Morgan fingerprint density at radius 3 is 2.48 bits per heavy atom. The number of thiazole rings is 1. The molecular weight excluding hydrogens is 442 g/mol. The zero-order valence-corrected chi connectivity index (χ0v) is 18.6. The van der Waals surface area contributed by atoms with E-state index < -0.39 is 10.0 Å². The van der Waals surface area contributed by atoms with Crippen molar-refractivity contribution in [2.45, 2.75) is 4.90 Å². The molecule has 1 saturated heterocycles. The Kier molecular flexibility index (Phi) is 6.10. The fraction of sp³-hybridized carbons (Fsp3) is 0.300. The molecule has 9 nitrogen and oxygen atoms in total. The van der Waals surface area contributed by atoms with Crippen LogP contribution in [0, 0.1) is 0 Å². The van der Waals surface area contributed by atoms with E-state index in [1.54, 1.807) is 20.3 Å². The van der Waals surface area contributed by atoms with Gasteiger partial charge in [-0.15, -0.1) is 0 Å². The Morgan fingerprint density at radius 2 is 1.84 bits per heavy atom. The van der Waals surface area contributed by atoms with Gasteiger partial charge in [0.25, 0.3) is 5.91 Å². The third kappa shape index (κ3) is 4.35. The first-order chi connectivity index (χ1) is 14.9. The highest BCUT2D eigenvalue weighted by molar-refractivity contribution is 7.89. The average Bonchev–Trinajstić information content (AvgIpc) is 3.21. The third-order valence-electron chi connectivity index (χ3n) is 4.83. The van der Waals surface area contributed by atoms with Gasteiger partial charge in [-0.2, -0.15) is 4.31 Å². The van der Waals surface area contributed by atoms with E-state index in [-0.39, 0.29) is 10.8 Å². The number of amides is 1. The van der Waals surface area contributed by atoms with Crippen molar-refractivity contribution in [2.24, 2.45) is 0 Å². The van der Waals surface area contributed by atoms with E-state index >= 15 is 0 Å². The molecule has 3 aromatic rings. The fourth-order valence-corrected chi connectivity index (χ4v) is 5.50. The lowest BCUT2D eigenvalue weighted by Gasteiger charge is -2.26. The molecule has 1 aromatic heterocycles. The summed E-state index contributed by atoms with van der Waals surface area (Å²) in [6.45, 7) is 1.38. The number of ether oxygens (including phenoxy) is 3. The molecule has 0 unspecified atom stereocenters. The molecule has 0 atom stereocenters. The van der Waals surface area contributed by atoms with E-state index in [4.69, 9.17) is 14.2 Å². The Labute approximate surface area is 183 Å². The van der Waals surface area contributed by atoms with Crippen molar-refractivity contribution in [3.8, 4) is 11.5 Å². The quantitative estimate of drug-likeness (QED) is 0.599. The summed E-state index contributed by atoms with van der Waals surface area (Å²) in [5.74, 6) is 0.784. The molecule has 2 aromatic carbocycles. The summed E-state index contributed by atoms with van der Waals surface area (Å²) in [5, 5.41) is 3.15. The molecule has 2 heterocycles. The standard InChI is InChI=1S/C20H21N3O6S2/c1-27-14-11-16(28-2)18-17(12-14)30-20(21-18)22-19(24)13-3-5-15(6-4-13)31(25,26)23-7-9-29-10-8-23/h3-6,11-12H,7-10H2,1-2H3,(H,21,22,24). The maximum atomic E-state index is 12.7. The molecule has 1 N–H and O–H groups in total. The van der Waals surface area contributed by atoms with Crippen LogP contribution in [-0.2, 0) is 14.8 Å². The Balaban J connectivity index is 1.52. The van der Waals surface area contributed by atoms with Crippen LogP contribution in [0.5, 0.6) is 11.5 Å². The number of sulfonamides is 1. The molecule has 0 radical (unpaired) electrons. The predicted octanol–water partition coefficient (Wildman–Crippen LogP) is 2.59. The summed E-state index contributed by atoms with van der Waals surface area (Å²) in [5.41, 5.74) is 0.945. The third-order valence-corrected chi connectivity index (χ3v) is 7.66. The van der Waals surface area contributed by atoms with Gasteiger partial charge in [-0.1, -0.05) is 11.3 Å². The highest BCUT2D eigenvalue weighted by Crippen LogP contribution is 2.36. The van der Waals surface area contributed by atoms with Crippen LogP contribution in [0.1, 0.15) is 10.4 Å². The number of carbonyl (C=O) groups is 1. The van der Waals surface area contributed by atoms with Gasteiger partial charge >= 0.3 is 0 Å². The maximum Gasteiger partial charge on any atom is 0.257 e. The number of carbonyl (C=O) groups excluding carboxylic acids is 1. The van der Waals surface area contributed by atoms with Gasteiger partial charge in [0, 0.05) is 24.7 Å². The molecule has 1 aliphatic heterocycles. The highest BCUT2D eigenvalue weighted by atomic mass is 32.2. The number of morpholine rings is 1. The molecule has 1 amide bonds. The monoisotopic (exact) mass is 463 g/mol. The molecule has 4 rings (SSSR count). The van der Waals surface area contributed by atoms with E-state index in [0.29, 0.717) is 54.0 Å². The lowest BCUT2D eigenvalue weighted by Crippen LogP contribution is -2.40. The molecule has 164 valence electrons. The predicted molar refractivity (Wildman–Crippen MR) is 117 cm³/mol. The van der Waals surface area contributed by atoms with Gasteiger partial charge < -0.3 is 14.2 Å². The van der Waals surface area contributed by atoms with Crippen molar-refractivity contribution < 1.29 is 27.4 Å². The number of hydrogen-bond acceptors (Lipinski definition) is 8. The molecule has 0 bridgehead atoms. The minimum Gasteiger partial charge on any atom is -0.497 e. The molecule has 11 heteroatoms. The van der Waals surface area contributed by atoms with Crippen molar-refractivity contribution in [2.75, 3.05) is 45.8 Å². The largest absolute Gasteiger partial charge is 0.497 e. The van der Waals surface area contributed by atoms with Crippen LogP contribution in [0.2, 0.25) is 0 Å². The highest BCUT2D eigenvalue weighted by Gasteiger charge is 2.26. The zero-order chi connectivity index (χ0) is 22.0. The second kappa shape index (κ2) is 8.79. The summed E-state index contributed by atoms with van der Waals surface area (Å²) in [4.78, 5) is 17.2. The second-order valence-electron chi connectivity index (χ2n) is 6.69.